The zero-order valence-electron chi connectivity index (χ0n) is 27.7. The number of ether oxygens (including phenoxy) is 1. The third-order valence-corrected chi connectivity index (χ3v) is 9.89. The number of aromatic nitrogens is 6. The number of carbonyl (C=O) groups is 2. The van der Waals surface area contributed by atoms with Gasteiger partial charge in [0, 0.05) is 31.6 Å². The molecule has 0 bridgehead atoms. The molecule has 0 spiro atoms. The summed E-state index contributed by atoms with van der Waals surface area (Å²) in [7, 11) is 0. The first-order chi connectivity index (χ1) is 24.2. The number of nitrogens with one attached hydrogen (secondary N) is 1. The van der Waals surface area contributed by atoms with Gasteiger partial charge < -0.3 is 25.0 Å². The number of carbonyl (C=O) groups excluding carboxylic acids is 2. The predicted molar refractivity (Wildman–Crippen MR) is 179 cm³/mol. The van der Waals surface area contributed by atoms with Gasteiger partial charge in [0.25, 0.3) is 11.5 Å². The van der Waals surface area contributed by atoms with E-state index < -0.39 is 41.2 Å². The number of rotatable bonds is 5. The number of alkyl halides is 3. The number of benzene rings is 1. The maximum absolute atomic E-state index is 14.4. The highest BCUT2D eigenvalue weighted by molar-refractivity contribution is 6.33. The summed E-state index contributed by atoms with van der Waals surface area (Å²) in [5.41, 5.74) is 0.392. The van der Waals surface area contributed by atoms with Gasteiger partial charge in [-0.2, -0.15) is 22.7 Å². The normalized spacial score (nSPS) is 20.8. The molecular weight excluding hydrogens is 695 g/mol. The van der Waals surface area contributed by atoms with E-state index in [9.17, 15) is 32.7 Å². The van der Waals surface area contributed by atoms with Crippen molar-refractivity contribution in [2.45, 2.75) is 57.8 Å². The lowest BCUT2D eigenvalue weighted by Crippen LogP contribution is -2.55. The summed E-state index contributed by atoms with van der Waals surface area (Å²) < 4.78 is 48.1. The van der Waals surface area contributed by atoms with Crippen molar-refractivity contribution in [3.63, 3.8) is 0 Å². The second-order valence-electron chi connectivity index (χ2n) is 12.9. The van der Waals surface area contributed by atoms with Crippen LogP contribution >= 0.6 is 11.6 Å². The molecule has 3 aliphatic heterocycles. The van der Waals surface area contributed by atoms with Crippen LogP contribution < -0.4 is 15.8 Å². The Morgan fingerprint density at radius 3 is 2.63 bits per heavy atom. The van der Waals surface area contributed by atoms with Gasteiger partial charge in [0.15, 0.2) is 17.3 Å². The molecular formula is C33H33ClF3N9O5. The molecule has 1 saturated heterocycles. The lowest BCUT2D eigenvalue weighted by atomic mass is 10.0. The molecule has 4 aromatic rings. The van der Waals surface area contributed by atoms with E-state index in [4.69, 9.17) is 21.3 Å². The van der Waals surface area contributed by atoms with E-state index in [0.717, 1.165) is 23.8 Å². The van der Waals surface area contributed by atoms with E-state index in [0.29, 0.717) is 36.8 Å². The van der Waals surface area contributed by atoms with Crippen molar-refractivity contribution in [1.29, 1.82) is 0 Å². The van der Waals surface area contributed by atoms with Crippen molar-refractivity contribution in [3.8, 4) is 5.75 Å². The van der Waals surface area contributed by atoms with Crippen LogP contribution in [0.1, 0.15) is 71.9 Å². The Labute approximate surface area is 293 Å². The molecule has 3 aliphatic rings. The Morgan fingerprint density at radius 1 is 1.16 bits per heavy atom. The van der Waals surface area contributed by atoms with Gasteiger partial charge in [-0.05, 0) is 50.5 Å². The number of hydrogen-bond donors (Lipinski definition) is 2. The number of hydrogen-bond acceptors (Lipinski definition) is 10. The van der Waals surface area contributed by atoms with Crippen LogP contribution in [-0.2, 0) is 15.7 Å². The molecule has 268 valence electrons. The second-order valence-corrected chi connectivity index (χ2v) is 13.3. The molecule has 1 fully saturated rings. The summed E-state index contributed by atoms with van der Waals surface area (Å²) in [6.45, 7) is 6.75. The van der Waals surface area contributed by atoms with Crippen LogP contribution in [0.4, 0.5) is 24.5 Å². The van der Waals surface area contributed by atoms with Crippen molar-refractivity contribution >= 4 is 46.1 Å². The Kier molecular flexibility index (Phi) is 8.73. The van der Waals surface area contributed by atoms with E-state index in [1.807, 2.05) is 24.8 Å². The van der Waals surface area contributed by atoms with E-state index in [2.05, 4.69) is 20.4 Å². The van der Waals surface area contributed by atoms with Crippen LogP contribution in [0.5, 0.6) is 5.75 Å². The highest BCUT2D eigenvalue weighted by Gasteiger charge is 2.42. The first-order valence-corrected chi connectivity index (χ1v) is 16.7. The number of piperazine rings is 1. The Morgan fingerprint density at radius 2 is 1.94 bits per heavy atom. The highest BCUT2D eigenvalue weighted by Crippen LogP contribution is 2.43. The number of nitrogens with zero attached hydrogens (tertiary/aromatic N) is 8. The average molecular weight is 728 g/mol. The summed E-state index contributed by atoms with van der Waals surface area (Å²) in [5, 5.41) is 17.5. The molecule has 18 heteroatoms. The number of aryl methyl sites for hydroxylation is 1. The lowest BCUT2D eigenvalue weighted by Gasteiger charge is -2.41. The zero-order valence-corrected chi connectivity index (χ0v) is 28.5. The molecule has 3 atom stereocenters. The minimum atomic E-state index is -4.61. The van der Waals surface area contributed by atoms with Gasteiger partial charge >= 0.3 is 6.18 Å². The minimum absolute atomic E-state index is 0.00195. The third kappa shape index (κ3) is 6.07. The lowest BCUT2D eigenvalue weighted by molar-refractivity contribution is -0.137. The Hall–Kier alpha value is -5.03. The van der Waals surface area contributed by atoms with Crippen LogP contribution in [0.15, 0.2) is 35.4 Å². The molecule has 51 heavy (non-hydrogen) atoms. The van der Waals surface area contributed by atoms with Crippen molar-refractivity contribution < 1.29 is 32.6 Å². The summed E-state index contributed by atoms with van der Waals surface area (Å²) >= 11 is 6.19. The highest BCUT2D eigenvalue weighted by atomic mass is 35.5. The van der Waals surface area contributed by atoms with Gasteiger partial charge in [-0.25, -0.2) is 9.97 Å². The van der Waals surface area contributed by atoms with Crippen molar-refractivity contribution in [2.24, 2.45) is 0 Å². The number of halogens is 4. The van der Waals surface area contributed by atoms with Crippen LogP contribution in [0.2, 0.25) is 5.02 Å². The van der Waals surface area contributed by atoms with Gasteiger partial charge in [0.2, 0.25) is 11.7 Å². The smallest absolute Gasteiger partial charge is 0.416 e. The van der Waals surface area contributed by atoms with Crippen molar-refractivity contribution in [3.05, 3.63) is 74.4 Å². The van der Waals surface area contributed by atoms with Crippen LogP contribution in [0, 0.1) is 6.92 Å². The monoisotopic (exact) mass is 727 g/mol. The molecule has 0 aliphatic carbocycles. The first-order valence-electron chi connectivity index (χ1n) is 16.3. The molecule has 6 heterocycles. The summed E-state index contributed by atoms with van der Waals surface area (Å²) in [4.78, 5) is 57.9. The van der Waals surface area contributed by atoms with E-state index >= 15 is 0 Å². The molecule has 0 radical (unpaired) electrons. The quantitative estimate of drug-likeness (QED) is 0.305. The summed E-state index contributed by atoms with van der Waals surface area (Å²) in [5.74, 6) is -1.21. The summed E-state index contributed by atoms with van der Waals surface area (Å²) in [6, 6.07) is 1.34. The van der Waals surface area contributed by atoms with Crippen LogP contribution in [0.3, 0.4) is 0 Å². The third-order valence-electron chi connectivity index (χ3n) is 9.58. The Balaban J connectivity index is 1.28. The SMILES string of the molecule is Cc1ncnc(C(=O)N2CCN(c3c4n(c5nc(C6=CCOCC6)nn5c3=O)[C@@H](C(=O)Nc3ccc(C(F)(F)F)cc3Cl)C[C@H]4C)C[C@H]2C)c1O. The molecule has 14 nitrogen and oxygen atoms in total. The van der Waals surface area contributed by atoms with Gasteiger partial charge in [-0.1, -0.05) is 24.6 Å². The maximum Gasteiger partial charge on any atom is 0.416 e. The first kappa shape index (κ1) is 34.4. The van der Waals surface area contributed by atoms with Crippen molar-refractivity contribution in [1.82, 2.24) is 34.0 Å². The fourth-order valence-electron chi connectivity index (χ4n) is 6.98. The minimum Gasteiger partial charge on any atom is -0.504 e. The standard InChI is InChI=1S/C33H33ClF3N9O5/c1-16-12-23(29(48)40-22-5-4-20(13-21(22)34)33(35,36)37)45-25(16)26(31(50)46-32(45)41-28(42-46)19-6-10-51-11-7-19)43-8-9-44(17(2)14-43)30(49)24-27(47)18(3)38-15-39-24/h4-6,13,15-17,23,47H,7-12,14H2,1-3H3,(H,40,48)/t16-,17-,23-/m1/s1. The zero-order chi connectivity index (χ0) is 36.4. The number of fused-ring (bicyclic) bond motifs is 3. The van der Waals surface area contributed by atoms with Crippen LogP contribution in [0.25, 0.3) is 11.4 Å². The van der Waals surface area contributed by atoms with Gasteiger partial charge in [-0.15, -0.1) is 5.10 Å². The fourth-order valence-corrected chi connectivity index (χ4v) is 7.20. The number of aromatic hydroxyl groups is 1. The average Bonchev–Trinajstić information content (AvgIpc) is 3.69. The Bertz CT molecular complexity index is 2170. The topological polar surface area (TPSA) is 160 Å². The van der Waals surface area contributed by atoms with Gasteiger partial charge in [0.05, 0.1) is 40.9 Å². The van der Waals surface area contributed by atoms with E-state index in [-0.39, 0.29) is 65.6 Å². The number of anilines is 2. The molecule has 3 aromatic heterocycles. The maximum atomic E-state index is 14.4. The molecule has 0 unspecified atom stereocenters. The van der Waals surface area contributed by atoms with Gasteiger partial charge in [0.1, 0.15) is 18.1 Å². The second kappa shape index (κ2) is 12.9. The molecule has 2 N–H and O–H groups in total. The van der Waals surface area contributed by atoms with E-state index in [1.54, 1.807) is 16.4 Å². The molecule has 7 rings (SSSR count). The van der Waals surface area contributed by atoms with E-state index in [1.165, 1.54) is 10.8 Å². The van der Waals surface area contributed by atoms with Gasteiger partial charge in [-0.3, -0.25) is 19.0 Å². The van der Waals surface area contributed by atoms with Crippen molar-refractivity contribution in [2.75, 3.05) is 43.1 Å². The number of amides is 2. The predicted octanol–water partition coefficient (Wildman–Crippen LogP) is 4.21. The largest absolute Gasteiger partial charge is 0.504 e. The summed E-state index contributed by atoms with van der Waals surface area (Å²) in [6.07, 6.45) is -0.798. The van der Waals surface area contributed by atoms with Crippen LogP contribution in [-0.4, -0.2) is 89.8 Å². The fraction of sp³-hybridized carbons (Fsp3) is 0.424. The molecule has 1 aromatic carbocycles. The molecule has 2 amide bonds. The molecule has 0 saturated carbocycles.